The highest BCUT2D eigenvalue weighted by Gasteiger charge is 2.11. The first-order valence-corrected chi connectivity index (χ1v) is 7.19. The minimum Gasteiger partial charge on any atom is -0.344 e. The molecule has 0 spiro atoms. The van der Waals surface area contributed by atoms with Crippen LogP contribution in [0.4, 0.5) is 11.4 Å². The summed E-state index contributed by atoms with van der Waals surface area (Å²) in [5.74, 6) is 0. The minimum atomic E-state index is 0.126. The zero-order chi connectivity index (χ0) is 14.7. The van der Waals surface area contributed by atoms with E-state index < -0.39 is 0 Å². The third-order valence-corrected chi connectivity index (χ3v) is 3.57. The Kier molecular flexibility index (Phi) is 4.69. The quantitative estimate of drug-likeness (QED) is 0.908. The van der Waals surface area contributed by atoms with Crippen LogP contribution in [0.15, 0.2) is 42.5 Å². The Morgan fingerprint density at radius 1 is 1.20 bits per heavy atom. The number of halogens is 1. The molecule has 1 unspecified atom stereocenters. The van der Waals surface area contributed by atoms with Crippen molar-refractivity contribution in [3.63, 3.8) is 0 Å². The summed E-state index contributed by atoms with van der Waals surface area (Å²) < 4.78 is 0. The monoisotopic (exact) mass is 288 g/mol. The third-order valence-electron chi connectivity index (χ3n) is 3.34. The maximum atomic E-state index is 6.16. The number of anilines is 2. The summed E-state index contributed by atoms with van der Waals surface area (Å²) in [6.07, 6.45) is 0.836. The molecule has 2 aromatic carbocycles. The molecule has 2 nitrogen and oxygen atoms in total. The Morgan fingerprint density at radius 2 is 1.95 bits per heavy atom. The van der Waals surface area contributed by atoms with Gasteiger partial charge in [-0.1, -0.05) is 29.8 Å². The van der Waals surface area contributed by atoms with Gasteiger partial charge in [-0.25, -0.2) is 0 Å². The van der Waals surface area contributed by atoms with E-state index in [4.69, 9.17) is 17.3 Å². The second-order valence-electron chi connectivity index (χ2n) is 5.35. The first-order valence-electron chi connectivity index (χ1n) is 6.82. The molecule has 2 N–H and O–H groups in total. The lowest BCUT2D eigenvalue weighted by atomic mass is 10.0. The summed E-state index contributed by atoms with van der Waals surface area (Å²) >= 11 is 6.16. The lowest BCUT2D eigenvalue weighted by Crippen LogP contribution is -2.20. The molecule has 2 aromatic rings. The molecule has 1 atom stereocenters. The summed E-state index contributed by atoms with van der Waals surface area (Å²) in [6, 6.07) is 14.5. The van der Waals surface area contributed by atoms with E-state index in [9.17, 15) is 0 Å². The molecule has 0 aliphatic heterocycles. The molecule has 0 amide bonds. The van der Waals surface area contributed by atoms with Crippen molar-refractivity contribution >= 4 is 23.0 Å². The van der Waals surface area contributed by atoms with Gasteiger partial charge in [-0.2, -0.15) is 0 Å². The second-order valence-corrected chi connectivity index (χ2v) is 5.79. The van der Waals surface area contributed by atoms with E-state index in [2.05, 4.69) is 49.2 Å². The number of benzene rings is 2. The van der Waals surface area contributed by atoms with E-state index in [1.54, 1.807) is 0 Å². The van der Waals surface area contributed by atoms with Gasteiger partial charge < -0.3 is 10.6 Å². The standard InChI is InChI=1S/C17H21ClN2/c1-12-5-4-6-16(9-12)20(3)17-11-15(18)8-7-14(17)10-13(2)19/h4-9,11,13H,10,19H2,1-3H3. The van der Waals surface area contributed by atoms with E-state index in [1.807, 2.05) is 19.1 Å². The summed E-state index contributed by atoms with van der Waals surface area (Å²) in [5, 5.41) is 0.743. The zero-order valence-electron chi connectivity index (χ0n) is 12.2. The van der Waals surface area contributed by atoms with Gasteiger partial charge >= 0.3 is 0 Å². The van der Waals surface area contributed by atoms with Gasteiger partial charge in [0.2, 0.25) is 0 Å². The first-order chi connectivity index (χ1) is 9.47. The van der Waals surface area contributed by atoms with Crippen LogP contribution in [0.3, 0.4) is 0 Å². The molecule has 0 aliphatic rings. The van der Waals surface area contributed by atoms with Crippen molar-refractivity contribution < 1.29 is 0 Å². The van der Waals surface area contributed by atoms with Gasteiger partial charge in [0.1, 0.15) is 0 Å². The topological polar surface area (TPSA) is 29.3 Å². The van der Waals surface area contributed by atoms with Crippen molar-refractivity contribution in [2.75, 3.05) is 11.9 Å². The van der Waals surface area contributed by atoms with E-state index in [0.717, 1.165) is 22.8 Å². The smallest absolute Gasteiger partial charge is 0.0456 e. The number of hydrogen-bond donors (Lipinski definition) is 1. The molecule has 0 radical (unpaired) electrons. The molecule has 0 heterocycles. The van der Waals surface area contributed by atoms with Crippen LogP contribution < -0.4 is 10.6 Å². The Hall–Kier alpha value is -1.51. The fourth-order valence-corrected chi connectivity index (χ4v) is 2.51. The fraction of sp³-hybridized carbons (Fsp3) is 0.294. The Labute approximate surface area is 126 Å². The highest BCUT2D eigenvalue weighted by atomic mass is 35.5. The van der Waals surface area contributed by atoms with Crippen LogP contribution in [-0.2, 0) is 6.42 Å². The van der Waals surface area contributed by atoms with Crippen LogP contribution in [0.5, 0.6) is 0 Å². The van der Waals surface area contributed by atoms with Crippen LogP contribution in [-0.4, -0.2) is 13.1 Å². The van der Waals surface area contributed by atoms with Crippen molar-refractivity contribution in [2.24, 2.45) is 5.73 Å². The summed E-state index contributed by atoms with van der Waals surface area (Å²) in [7, 11) is 2.06. The zero-order valence-corrected chi connectivity index (χ0v) is 13.0. The van der Waals surface area contributed by atoms with Crippen LogP contribution in [0.1, 0.15) is 18.1 Å². The number of aryl methyl sites for hydroxylation is 1. The number of nitrogens with two attached hydrogens (primary N) is 1. The highest BCUT2D eigenvalue weighted by Crippen LogP contribution is 2.30. The number of rotatable bonds is 4. The molecular formula is C17H21ClN2. The molecule has 0 saturated heterocycles. The number of hydrogen-bond acceptors (Lipinski definition) is 2. The van der Waals surface area contributed by atoms with Crippen LogP contribution >= 0.6 is 11.6 Å². The molecule has 0 aliphatic carbocycles. The van der Waals surface area contributed by atoms with Crippen LogP contribution in [0.2, 0.25) is 5.02 Å². The Morgan fingerprint density at radius 3 is 2.60 bits per heavy atom. The summed E-state index contributed by atoms with van der Waals surface area (Å²) in [6.45, 7) is 4.11. The van der Waals surface area contributed by atoms with E-state index in [1.165, 1.54) is 11.1 Å². The fourth-order valence-electron chi connectivity index (χ4n) is 2.34. The predicted molar refractivity (Wildman–Crippen MR) is 88.0 cm³/mol. The molecule has 0 fully saturated rings. The van der Waals surface area contributed by atoms with E-state index >= 15 is 0 Å². The molecular weight excluding hydrogens is 268 g/mol. The molecule has 106 valence electrons. The van der Waals surface area contributed by atoms with Gasteiger partial charge in [0, 0.05) is 29.5 Å². The van der Waals surface area contributed by atoms with Crippen LogP contribution in [0, 0.1) is 6.92 Å². The third kappa shape index (κ3) is 3.53. The lowest BCUT2D eigenvalue weighted by molar-refractivity contribution is 0.737. The molecule has 2 rings (SSSR count). The van der Waals surface area contributed by atoms with Crippen molar-refractivity contribution in [1.82, 2.24) is 0 Å². The summed E-state index contributed by atoms with van der Waals surface area (Å²) in [5.41, 5.74) is 10.7. The predicted octanol–water partition coefficient (Wildman–Crippen LogP) is 4.31. The molecule has 0 aromatic heterocycles. The Bertz CT molecular complexity index is 593. The van der Waals surface area contributed by atoms with Crippen molar-refractivity contribution in [2.45, 2.75) is 26.3 Å². The first kappa shape index (κ1) is 14.9. The van der Waals surface area contributed by atoms with Crippen LogP contribution in [0.25, 0.3) is 0 Å². The maximum Gasteiger partial charge on any atom is 0.0456 e. The lowest BCUT2D eigenvalue weighted by Gasteiger charge is -2.24. The second kappa shape index (κ2) is 6.29. The van der Waals surface area contributed by atoms with Gasteiger partial charge in [0.05, 0.1) is 0 Å². The van der Waals surface area contributed by atoms with Gasteiger partial charge in [-0.05, 0) is 55.7 Å². The Balaban J connectivity index is 2.42. The highest BCUT2D eigenvalue weighted by molar-refractivity contribution is 6.30. The number of nitrogens with zero attached hydrogens (tertiary/aromatic N) is 1. The minimum absolute atomic E-state index is 0.126. The SMILES string of the molecule is Cc1cccc(N(C)c2cc(Cl)ccc2CC(C)N)c1. The van der Waals surface area contributed by atoms with Gasteiger partial charge in [-0.3, -0.25) is 0 Å². The molecule has 3 heteroatoms. The average molecular weight is 289 g/mol. The molecule has 0 bridgehead atoms. The molecule has 20 heavy (non-hydrogen) atoms. The summed E-state index contributed by atoms with van der Waals surface area (Å²) in [4.78, 5) is 2.16. The van der Waals surface area contributed by atoms with Crippen molar-refractivity contribution in [1.29, 1.82) is 0 Å². The van der Waals surface area contributed by atoms with Gasteiger partial charge in [0.25, 0.3) is 0 Å². The maximum absolute atomic E-state index is 6.16. The van der Waals surface area contributed by atoms with Gasteiger partial charge in [-0.15, -0.1) is 0 Å². The van der Waals surface area contributed by atoms with E-state index in [0.29, 0.717) is 0 Å². The van der Waals surface area contributed by atoms with E-state index in [-0.39, 0.29) is 6.04 Å². The largest absolute Gasteiger partial charge is 0.344 e. The van der Waals surface area contributed by atoms with Crippen molar-refractivity contribution in [3.05, 3.63) is 58.6 Å². The average Bonchev–Trinajstić information content (AvgIpc) is 2.39. The van der Waals surface area contributed by atoms with Crippen molar-refractivity contribution in [3.8, 4) is 0 Å². The van der Waals surface area contributed by atoms with Gasteiger partial charge in [0.15, 0.2) is 0 Å². The molecule has 0 saturated carbocycles. The normalized spacial score (nSPS) is 12.2.